The highest BCUT2D eigenvalue weighted by atomic mass is 16.5. The van der Waals surface area contributed by atoms with Crippen LogP contribution in [-0.2, 0) is 9.53 Å². The van der Waals surface area contributed by atoms with Crippen LogP contribution in [0.4, 0.5) is 5.69 Å². The summed E-state index contributed by atoms with van der Waals surface area (Å²) in [6, 6.07) is 12.4. The maximum absolute atomic E-state index is 12.1. The maximum atomic E-state index is 12.1. The van der Waals surface area contributed by atoms with E-state index in [1.807, 2.05) is 13.0 Å². The Balaban J connectivity index is 2.00. The van der Waals surface area contributed by atoms with Crippen LogP contribution in [0.1, 0.15) is 28.7 Å². The van der Waals surface area contributed by atoms with E-state index in [9.17, 15) is 9.59 Å². The normalized spacial score (nSPS) is 10.5. The van der Waals surface area contributed by atoms with E-state index in [0.29, 0.717) is 18.0 Å². The molecule has 23 heavy (non-hydrogen) atoms. The molecule has 0 radical (unpaired) electrons. The predicted octanol–water partition coefficient (Wildman–Crippen LogP) is 3.22. The van der Waals surface area contributed by atoms with Crippen LogP contribution < -0.4 is 5.32 Å². The van der Waals surface area contributed by atoms with Gasteiger partial charge in [-0.05, 0) is 49.8 Å². The molecular formula is C18H18N2O3. The number of aromatic nitrogens is 1. The van der Waals surface area contributed by atoms with Crippen molar-refractivity contribution >= 4 is 23.6 Å². The number of esters is 1. The largest absolute Gasteiger partial charge is 0.463 e. The number of pyridine rings is 1. The summed E-state index contributed by atoms with van der Waals surface area (Å²) >= 11 is 0. The first kappa shape index (κ1) is 16.4. The number of carbonyl (C=O) groups is 2. The number of nitrogens with zero attached hydrogens (tertiary/aromatic N) is 1. The molecule has 0 aliphatic heterocycles. The molecule has 0 aliphatic carbocycles. The Labute approximate surface area is 135 Å². The minimum absolute atomic E-state index is 0.261. The van der Waals surface area contributed by atoms with Crippen molar-refractivity contribution in [3.63, 3.8) is 0 Å². The van der Waals surface area contributed by atoms with E-state index in [1.165, 1.54) is 6.08 Å². The number of carbonyl (C=O) groups excluding carboxylic acids is 2. The molecule has 0 bridgehead atoms. The third kappa shape index (κ3) is 5.07. The van der Waals surface area contributed by atoms with E-state index in [-0.39, 0.29) is 11.9 Å². The van der Waals surface area contributed by atoms with Gasteiger partial charge in [0.15, 0.2) is 0 Å². The SMILES string of the molecule is CCOC(=O)/C=C/c1ccc(NC(=O)c2cccc(C)n2)cc1. The van der Waals surface area contributed by atoms with Gasteiger partial charge >= 0.3 is 5.97 Å². The van der Waals surface area contributed by atoms with Gasteiger partial charge in [-0.2, -0.15) is 0 Å². The Morgan fingerprint density at radius 1 is 1.17 bits per heavy atom. The Kier molecular flexibility index (Phi) is 5.63. The number of amides is 1. The van der Waals surface area contributed by atoms with Crippen molar-refractivity contribution in [1.29, 1.82) is 0 Å². The van der Waals surface area contributed by atoms with E-state index in [4.69, 9.17) is 4.74 Å². The zero-order chi connectivity index (χ0) is 16.7. The highest BCUT2D eigenvalue weighted by Crippen LogP contribution is 2.12. The van der Waals surface area contributed by atoms with Crippen LogP contribution >= 0.6 is 0 Å². The highest BCUT2D eigenvalue weighted by molar-refractivity contribution is 6.02. The molecule has 1 heterocycles. The molecule has 5 nitrogen and oxygen atoms in total. The zero-order valence-corrected chi connectivity index (χ0v) is 13.1. The number of rotatable bonds is 5. The van der Waals surface area contributed by atoms with Crippen molar-refractivity contribution in [2.75, 3.05) is 11.9 Å². The Morgan fingerprint density at radius 3 is 2.57 bits per heavy atom. The fourth-order valence-corrected chi connectivity index (χ4v) is 1.90. The van der Waals surface area contributed by atoms with Gasteiger partial charge in [0.05, 0.1) is 6.61 Å². The number of benzene rings is 1. The lowest BCUT2D eigenvalue weighted by molar-refractivity contribution is -0.137. The third-order valence-corrected chi connectivity index (χ3v) is 2.99. The molecule has 1 aromatic carbocycles. The topological polar surface area (TPSA) is 68.3 Å². The van der Waals surface area contributed by atoms with Gasteiger partial charge in [-0.25, -0.2) is 9.78 Å². The molecule has 0 spiro atoms. The predicted molar refractivity (Wildman–Crippen MR) is 89.0 cm³/mol. The molecule has 1 aromatic heterocycles. The van der Waals surface area contributed by atoms with Gasteiger partial charge in [0.25, 0.3) is 5.91 Å². The summed E-state index contributed by atoms with van der Waals surface area (Å²) in [7, 11) is 0. The summed E-state index contributed by atoms with van der Waals surface area (Å²) in [5, 5.41) is 2.78. The van der Waals surface area contributed by atoms with Crippen LogP contribution in [0.5, 0.6) is 0 Å². The van der Waals surface area contributed by atoms with E-state index in [1.54, 1.807) is 49.4 Å². The standard InChI is InChI=1S/C18H18N2O3/c1-3-23-17(21)12-9-14-7-10-15(11-8-14)20-18(22)16-6-4-5-13(2)19-16/h4-12H,3H2,1-2H3,(H,20,22)/b12-9+. The molecular weight excluding hydrogens is 292 g/mol. The number of aryl methyl sites for hydroxylation is 1. The molecule has 0 saturated carbocycles. The van der Waals surface area contributed by atoms with E-state index in [0.717, 1.165) is 11.3 Å². The number of nitrogens with one attached hydrogen (secondary N) is 1. The molecule has 0 fully saturated rings. The summed E-state index contributed by atoms with van der Waals surface area (Å²) < 4.78 is 4.81. The fraction of sp³-hybridized carbons (Fsp3) is 0.167. The lowest BCUT2D eigenvalue weighted by Gasteiger charge is -2.05. The summed E-state index contributed by atoms with van der Waals surface area (Å²) in [6.45, 7) is 3.94. The van der Waals surface area contributed by atoms with Gasteiger partial charge in [-0.3, -0.25) is 4.79 Å². The van der Waals surface area contributed by atoms with Crippen LogP contribution in [0.25, 0.3) is 6.08 Å². The minimum atomic E-state index is -0.379. The summed E-state index contributed by atoms with van der Waals surface area (Å²) in [5.41, 5.74) is 2.66. The Bertz CT molecular complexity index is 721. The number of hydrogen-bond acceptors (Lipinski definition) is 4. The highest BCUT2D eigenvalue weighted by Gasteiger charge is 2.07. The minimum Gasteiger partial charge on any atom is -0.463 e. The molecule has 1 amide bonds. The first-order valence-electron chi connectivity index (χ1n) is 7.28. The van der Waals surface area contributed by atoms with Crippen LogP contribution in [0, 0.1) is 6.92 Å². The zero-order valence-electron chi connectivity index (χ0n) is 13.1. The average Bonchev–Trinajstić information content (AvgIpc) is 2.54. The van der Waals surface area contributed by atoms with Crippen molar-refractivity contribution in [1.82, 2.24) is 4.98 Å². The second kappa shape index (κ2) is 7.89. The fourth-order valence-electron chi connectivity index (χ4n) is 1.90. The molecule has 118 valence electrons. The smallest absolute Gasteiger partial charge is 0.330 e. The lowest BCUT2D eigenvalue weighted by Crippen LogP contribution is -2.13. The molecule has 0 aliphatic rings. The summed E-state index contributed by atoms with van der Waals surface area (Å²) in [4.78, 5) is 27.5. The van der Waals surface area contributed by atoms with Crippen LogP contribution in [0.2, 0.25) is 0 Å². The third-order valence-electron chi connectivity index (χ3n) is 2.99. The average molecular weight is 310 g/mol. The van der Waals surface area contributed by atoms with Gasteiger partial charge in [0.2, 0.25) is 0 Å². The van der Waals surface area contributed by atoms with Crippen molar-refractivity contribution in [2.24, 2.45) is 0 Å². The van der Waals surface area contributed by atoms with Crippen molar-refractivity contribution < 1.29 is 14.3 Å². The Morgan fingerprint density at radius 2 is 1.91 bits per heavy atom. The van der Waals surface area contributed by atoms with Gasteiger partial charge in [-0.15, -0.1) is 0 Å². The van der Waals surface area contributed by atoms with Crippen molar-refractivity contribution in [3.05, 3.63) is 65.5 Å². The lowest BCUT2D eigenvalue weighted by atomic mass is 10.2. The van der Waals surface area contributed by atoms with Gasteiger partial charge < -0.3 is 10.1 Å². The number of ether oxygens (including phenoxy) is 1. The molecule has 0 atom stereocenters. The van der Waals surface area contributed by atoms with Crippen LogP contribution in [0.3, 0.4) is 0 Å². The first-order chi connectivity index (χ1) is 11.1. The Hall–Kier alpha value is -2.95. The molecule has 5 heteroatoms. The summed E-state index contributed by atoms with van der Waals surface area (Å²) in [5.74, 6) is -0.640. The second-order valence-electron chi connectivity index (χ2n) is 4.83. The second-order valence-corrected chi connectivity index (χ2v) is 4.83. The molecule has 1 N–H and O–H groups in total. The first-order valence-corrected chi connectivity index (χ1v) is 7.28. The molecule has 2 aromatic rings. The molecule has 0 unspecified atom stereocenters. The van der Waals surface area contributed by atoms with E-state index >= 15 is 0 Å². The van der Waals surface area contributed by atoms with Crippen molar-refractivity contribution in [2.45, 2.75) is 13.8 Å². The van der Waals surface area contributed by atoms with Crippen LogP contribution in [0.15, 0.2) is 48.5 Å². The van der Waals surface area contributed by atoms with E-state index < -0.39 is 0 Å². The monoisotopic (exact) mass is 310 g/mol. The van der Waals surface area contributed by atoms with Gasteiger partial charge in [-0.1, -0.05) is 18.2 Å². The van der Waals surface area contributed by atoms with Gasteiger partial charge in [0.1, 0.15) is 5.69 Å². The van der Waals surface area contributed by atoms with Gasteiger partial charge in [0, 0.05) is 17.5 Å². The number of anilines is 1. The number of hydrogen-bond donors (Lipinski definition) is 1. The maximum Gasteiger partial charge on any atom is 0.330 e. The van der Waals surface area contributed by atoms with Crippen molar-refractivity contribution in [3.8, 4) is 0 Å². The van der Waals surface area contributed by atoms with E-state index in [2.05, 4.69) is 10.3 Å². The summed E-state index contributed by atoms with van der Waals surface area (Å²) in [6.07, 6.45) is 3.03. The molecule has 0 saturated heterocycles. The quantitative estimate of drug-likeness (QED) is 0.680. The van der Waals surface area contributed by atoms with Crippen LogP contribution in [-0.4, -0.2) is 23.5 Å². The molecule has 2 rings (SSSR count).